The molecule has 0 aliphatic carbocycles. The minimum atomic E-state index is -0.941. The molecule has 0 heterocycles. The van der Waals surface area contributed by atoms with E-state index in [9.17, 15) is 9.59 Å². The van der Waals surface area contributed by atoms with E-state index in [-0.39, 0.29) is 0 Å². The van der Waals surface area contributed by atoms with Crippen molar-refractivity contribution in [2.75, 3.05) is 19.5 Å². The SMILES string of the molecule is COc1ccc(OC)c(/C=C/C(=O)OC(C)C(=O)Nc2ccc(C(C)C)cc2)c1. The maximum absolute atomic E-state index is 12.3. The van der Waals surface area contributed by atoms with Crippen LogP contribution >= 0.6 is 0 Å². The highest BCUT2D eigenvalue weighted by Crippen LogP contribution is 2.25. The fraction of sp³-hybridized carbons (Fsp3) is 0.304. The van der Waals surface area contributed by atoms with Gasteiger partial charge in [0.2, 0.25) is 0 Å². The van der Waals surface area contributed by atoms with Gasteiger partial charge in [-0.1, -0.05) is 26.0 Å². The number of carbonyl (C=O) groups excluding carboxylic acids is 2. The molecule has 2 aromatic rings. The van der Waals surface area contributed by atoms with E-state index < -0.39 is 18.0 Å². The third-order valence-corrected chi connectivity index (χ3v) is 4.34. The third kappa shape index (κ3) is 6.38. The second-order valence-electron chi connectivity index (χ2n) is 6.79. The number of carbonyl (C=O) groups is 2. The van der Waals surface area contributed by atoms with Gasteiger partial charge in [-0.05, 0) is 54.8 Å². The Morgan fingerprint density at radius 3 is 2.24 bits per heavy atom. The molecular formula is C23H27NO5. The van der Waals surface area contributed by atoms with Gasteiger partial charge in [0, 0.05) is 17.3 Å². The van der Waals surface area contributed by atoms with Crippen molar-refractivity contribution in [2.45, 2.75) is 32.8 Å². The second-order valence-corrected chi connectivity index (χ2v) is 6.79. The quantitative estimate of drug-likeness (QED) is 0.528. The summed E-state index contributed by atoms with van der Waals surface area (Å²) in [5.74, 6) is 0.603. The van der Waals surface area contributed by atoms with Gasteiger partial charge in [0.1, 0.15) is 11.5 Å². The zero-order valence-corrected chi connectivity index (χ0v) is 17.4. The lowest BCUT2D eigenvalue weighted by Gasteiger charge is -2.13. The van der Waals surface area contributed by atoms with Crippen LogP contribution in [0.15, 0.2) is 48.5 Å². The molecule has 154 valence electrons. The Hall–Kier alpha value is -3.28. The molecule has 2 rings (SSSR count). The van der Waals surface area contributed by atoms with E-state index in [0.717, 1.165) is 0 Å². The summed E-state index contributed by atoms with van der Waals surface area (Å²) in [5.41, 5.74) is 2.49. The summed E-state index contributed by atoms with van der Waals surface area (Å²) in [4.78, 5) is 24.4. The highest BCUT2D eigenvalue weighted by molar-refractivity contribution is 5.96. The summed E-state index contributed by atoms with van der Waals surface area (Å²) >= 11 is 0. The molecule has 0 spiro atoms. The van der Waals surface area contributed by atoms with E-state index >= 15 is 0 Å². The van der Waals surface area contributed by atoms with E-state index in [1.54, 1.807) is 31.4 Å². The van der Waals surface area contributed by atoms with Gasteiger partial charge in [-0.2, -0.15) is 0 Å². The van der Waals surface area contributed by atoms with Crippen molar-refractivity contribution >= 4 is 23.6 Å². The molecule has 0 fully saturated rings. The Balaban J connectivity index is 1.96. The lowest BCUT2D eigenvalue weighted by atomic mass is 10.0. The molecule has 0 saturated carbocycles. The first kappa shape index (κ1) is 22.0. The van der Waals surface area contributed by atoms with Crippen molar-refractivity contribution in [1.29, 1.82) is 0 Å². The Bertz CT molecular complexity index is 871. The summed E-state index contributed by atoms with van der Waals surface area (Å²) in [5, 5.41) is 2.74. The highest BCUT2D eigenvalue weighted by Gasteiger charge is 2.17. The smallest absolute Gasteiger partial charge is 0.331 e. The minimum Gasteiger partial charge on any atom is -0.497 e. The first-order valence-corrected chi connectivity index (χ1v) is 9.35. The normalized spacial score (nSPS) is 11.9. The first-order chi connectivity index (χ1) is 13.8. The van der Waals surface area contributed by atoms with E-state index in [2.05, 4.69) is 19.2 Å². The number of ether oxygens (including phenoxy) is 3. The van der Waals surface area contributed by atoms with Gasteiger partial charge in [-0.25, -0.2) is 4.79 Å². The Kier molecular flexibility index (Phi) is 7.83. The predicted molar refractivity (Wildman–Crippen MR) is 113 cm³/mol. The van der Waals surface area contributed by atoms with Crippen molar-refractivity contribution < 1.29 is 23.8 Å². The first-order valence-electron chi connectivity index (χ1n) is 9.35. The molecule has 1 atom stereocenters. The van der Waals surface area contributed by atoms with Crippen LogP contribution in [0.3, 0.4) is 0 Å². The van der Waals surface area contributed by atoms with Crippen LogP contribution in [-0.2, 0) is 14.3 Å². The average molecular weight is 397 g/mol. The monoisotopic (exact) mass is 397 g/mol. The fourth-order valence-electron chi connectivity index (χ4n) is 2.59. The van der Waals surface area contributed by atoms with Crippen molar-refractivity contribution in [2.24, 2.45) is 0 Å². The largest absolute Gasteiger partial charge is 0.497 e. The van der Waals surface area contributed by atoms with Crippen molar-refractivity contribution in [1.82, 2.24) is 0 Å². The lowest BCUT2D eigenvalue weighted by molar-refractivity contribution is -0.148. The highest BCUT2D eigenvalue weighted by atomic mass is 16.5. The molecule has 1 unspecified atom stereocenters. The average Bonchev–Trinajstić information content (AvgIpc) is 2.72. The van der Waals surface area contributed by atoms with Gasteiger partial charge in [0.05, 0.1) is 14.2 Å². The molecule has 0 aliphatic rings. The number of benzene rings is 2. The third-order valence-electron chi connectivity index (χ3n) is 4.34. The van der Waals surface area contributed by atoms with Gasteiger partial charge in [0.15, 0.2) is 6.10 Å². The van der Waals surface area contributed by atoms with E-state index in [4.69, 9.17) is 14.2 Å². The molecule has 6 heteroatoms. The number of hydrogen-bond acceptors (Lipinski definition) is 5. The fourth-order valence-corrected chi connectivity index (χ4v) is 2.59. The summed E-state index contributed by atoms with van der Waals surface area (Å²) in [6, 6.07) is 12.8. The Morgan fingerprint density at radius 2 is 1.66 bits per heavy atom. The molecular weight excluding hydrogens is 370 g/mol. The van der Waals surface area contributed by atoms with Crippen LogP contribution in [0.2, 0.25) is 0 Å². The number of hydrogen-bond donors (Lipinski definition) is 1. The number of esters is 1. The number of nitrogens with one attached hydrogen (secondary N) is 1. The lowest BCUT2D eigenvalue weighted by Crippen LogP contribution is -2.29. The summed E-state index contributed by atoms with van der Waals surface area (Å²) in [7, 11) is 3.10. The van der Waals surface area contributed by atoms with Crippen LogP contribution in [-0.4, -0.2) is 32.2 Å². The van der Waals surface area contributed by atoms with Gasteiger partial charge < -0.3 is 19.5 Å². The second kappa shape index (κ2) is 10.3. The summed E-state index contributed by atoms with van der Waals surface area (Å²) in [6.45, 7) is 5.73. The molecule has 0 aromatic heterocycles. The molecule has 29 heavy (non-hydrogen) atoms. The van der Waals surface area contributed by atoms with Crippen molar-refractivity contribution in [3.05, 3.63) is 59.7 Å². The zero-order chi connectivity index (χ0) is 21.4. The summed E-state index contributed by atoms with van der Waals surface area (Å²) < 4.78 is 15.6. The van der Waals surface area contributed by atoms with Crippen molar-refractivity contribution in [3.8, 4) is 11.5 Å². The van der Waals surface area contributed by atoms with Gasteiger partial charge in [-0.3, -0.25) is 4.79 Å². The zero-order valence-electron chi connectivity index (χ0n) is 17.4. The molecule has 0 bridgehead atoms. The van der Waals surface area contributed by atoms with Gasteiger partial charge >= 0.3 is 5.97 Å². The van der Waals surface area contributed by atoms with Crippen LogP contribution in [0, 0.1) is 0 Å². The van der Waals surface area contributed by atoms with Gasteiger partial charge in [-0.15, -0.1) is 0 Å². The van der Waals surface area contributed by atoms with E-state index in [1.165, 1.54) is 25.7 Å². The molecule has 1 N–H and O–H groups in total. The van der Waals surface area contributed by atoms with Crippen LogP contribution in [0.1, 0.15) is 37.8 Å². The number of methoxy groups -OCH3 is 2. The standard InChI is InChI=1S/C23H27NO5/c1-15(2)17-6-9-19(10-7-17)24-23(26)16(3)29-22(25)13-8-18-14-20(27-4)11-12-21(18)28-5/h6-16H,1-5H3,(H,24,26)/b13-8+. The number of amides is 1. The molecule has 0 radical (unpaired) electrons. The Morgan fingerprint density at radius 1 is 0.966 bits per heavy atom. The molecule has 0 saturated heterocycles. The van der Waals surface area contributed by atoms with Gasteiger partial charge in [0.25, 0.3) is 5.91 Å². The van der Waals surface area contributed by atoms with Crippen LogP contribution in [0.5, 0.6) is 11.5 Å². The molecule has 2 aromatic carbocycles. The number of anilines is 1. The molecule has 6 nitrogen and oxygen atoms in total. The maximum atomic E-state index is 12.3. The van der Waals surface area contributed by atoms with Crippen molar-refractivity contribution in [3.63, 3.8) is 0 Å². The van der Waals surface area contributed by atoms with Crippen LogP contribution in [0.4, 0.5) is 5.69 Å². The van der Waals surface area contributed by atoms with Crippen LogP contribution < -0.4 is 14.8 Å². The van der Waals surface area contributed by atoms with E-state index in [1.807, 2.05) is 24.3 Å². The van der Waals surface area contributed by atoms with E-state index in [0.29, 0.717) is 28.7 Å². The Labute approximate surface area is 171 Å². The number of rotatable bonds is 8. The molecule has 1 amide bonds. The molecule has 0 aliphatic heterocycles. The van der Waals surface area contributed by atoms with Crippen LogP contribution in [0.25, 0.3) is 6.08 Å². The minimum absolute atomic E-state index is 0.400. The predicted octanol–water partition coefficient (Wildman–Crippen LogP) is 4.41. The topological polar surface area (TPSA) is 73.9 Å². The maximum Gasteiger partial charge on any atom is 0.331 e. The summed E-state index contributed by atoms with van der Waals surface area (Å²) in [6.07, 6.45) is 1.86.